The molecule has 1 aliphatic heterocycles. The zero-order chi connectivity index (χ0) is 6.81. The monoisotopic (exact) mass is 151 g/mol. The SMILES string of the molecule is c1cc2c(cn1)CCSC2. The van der Waals surface area contributed by atoms with Crippen LogP contribution in [0.5, 0.6) is 0 Å². The molecule has 0 unspecified atom stereocenters. The lowest BCUT2D eigenvalue weighted by Gasteiger charge is -2.13. The van der Waals surface area contributed by atoms with Gasteiger partial charge in [-0.25, -0.2) is 0 Å². The van der Waals surface area contributed by atoms with Crippen LogP contribution in [0, 0.1) is 0 Å². The molecule has 0 spiro atoms. The fraction of sp³-hybridized carbons (Fsp3) is 0.375. The Kier molecular flexibility index (Phi) is 1.63. The third-order valence-electron chi connectivity index (χ3n) is 1.78. The van der Waals surface area contributed by atoms with Gasteiger partial charge in [-0.1, -0.05) is 0 Å². The summed E-state index contributed by atoms with van der Waals surface area (Å²) in [6, 6.07) is 2.13. The molecular formula is C8H9NS. The molecule has 2 heteroatoms. The number of hydrogen-bond donors (Lipinski definition) is 0. The van der Waals surface area contributed by atoms with E-state index >= 15 is 0 Å². The lowest BCUT2D eigenvalue weighted by Crippen LogP contribution is -2.01. The molecule has 10 heavy (non-hydrogen) atoms. The Morgan fingerprint density at radius 2 is 2.40 bits per heavy atom. The van der Waals surface area contributed by atoms with Crippen LogP contribution in [0.15, 0.2) is 18.5 Å². The fourth-order valence-corrected chi connectivity index (χ4v) is 2.20. The predicted octanol–water partition coefficient (Wildman–Crippen LogP) is 1.87. The minimum atomic E-state index is 1.18. The van der Waals surface area contributed by atoms with Crippen LogP contribution >= 0.6 is 11.8 Å². The standard InChI is InChI=1S/C8H9NS/c1-3-9-5-7-2-4-10-6-8(1)7/h1,3,5H,2,4,6H2. The van der Waals surface area contributed by atoms with Crippen molar-refractivity contribution in [1.82, 2.24) is 4.98 Å². The first-order valence-corrected chi connectivity index (χ1v) is 4.62. The van der Waals surface area contributed by atoms with Crippen LogP contribution in [0.1, 0.15) is 11.1 Å². The number of aromatic nitrogens is 1. The maximum atomic E-state index is 4.09. The Morgan fingerprint density at radius 3 is 3.30 bits per heavy atom. The molecule has 0 atom stereocenters. The first-order valence-electron chi connectivity index (χ1n) is 3.46. The van der Waals surface area contributed by atoms with Crippen molar-refractivity contribution in [3.8, 4) is 0 Å². The van der Waals surface area contributed by atoms with E-state index in [1.807, 2.05) is 24.2 Å². The zero-order valence-electron chi connectivity index (χ0n) is 5.71. The highest BCUT2D eigenvalue weighted by molar-refractivity contribution is 7.98. The molecule has 1 nitrogen and oxygen atoms in total. The molecule has 1 aromatic heterocycles. The summed E-state index contributed by atoms with van der Waals surface area (Å²) in [6.45, 7) is 0. The van der Waals surface area contributed by atoms with E-state index in [0.717, 1.165) is 0 Å². The van der Waals surface area contributed by atoms with Crippen LogP contribution in [-0.2, 0) is 12.2 Å². The van der Waals surface area contributed by atoms with Gasteiger partial charge in [-0.15, -0.1) is 0 Å². The van der Waals surface area contributed by atoms with Crippen molar-refractivity contribution < 1.29 is 0 Å². The highest BCUT2D eigenvalue weighted by Crippen LogP contribution is 2.22. The van der Waals surface area contributed by atoms with Gasteiger partial charge in [-0.2, -0.15) is 11.8 Å². The van der Waals surface area contributed by atoms with Gasteiger partial charge in [-0.05, 0) is 29.4 Å². The molecule has 1 aliphatic rings. The zero-order valence-corrected chi connectivity index (χ0v) is 6.53. The second-order valence-electron chi connectivity index (χ2n) is 2.45. The first kappa shape index (κ1) is 6.23. The van der Waals surface area contributed by atoms with Crippen molar-refractivity contribution in [2.75, 3.05) is 5.75 Å². The average molecular weight is 151 g/mol. The lowest BCUT2D eigenvalue weighted by atomic mass is 10.1. The Morgan fingerprint density at radius 1 is 1.40 bits per heavy atom. The van der Waals surface area contributed by atoms with Crippen LogP contribution in [0.2, 0.25) is 0 Å². The minimum Gasteiger partial charge on any atom is -0.264 e. The van der Waals surface area contributed by atoms with Crippen molar-refractivity contribution in [2.45, 2.75) is 12.2 Å². The molecule has 1 aromatic rings. The molecule has 0 fully saturated rings. The van der Waals surface area contributed by atoms with E-state index in [1.54, 1.807) is 0 Å². The molecule has 0 amide bonds. The van der Waals surface area contributed by atoms with Crippen LogP contribution in [-0.4, -0.2) is 10.7 Å². The quantitative estimate of drug-likeness (QED) is 0.561. The lowest BCUT2D eigenvalue weighted by molar-refractivity contribution is 1.05. The Labute approximate surface area is 64.9 Å². The van der Waals surface area contributed by atoms with E-state index in [4.69, 9.17) is 0 Å². The van der Waals surface area contributed by atoms with Crippen LogP contribution < -0.4 is 0 Å². The van der Waals surface area contributed by atoms with E-state index in [1.165, 1.54) is 29.1 Å². The average Bonchev–Trinajstić information content (AvgIpc) is 2.05. The van der Waals surface area contributed by atoms with E-state index in [-0.39, 0.29) is 0 Å². The molecule has 0 saturated carbocycles. The van der Waals surface area contributed by atoms with Gasteiger partial charge in [0.1, 0.15) is 0 Å². The maximum Gasteiger partial charge on any atom is 0.0303 e. The summed E-state index contributed by atoms with van der Waals surface area (Å²) >= 11 is 2.01. The molecule has 0 bridgehead atoms. The number of thioether (sulfide) groups is 1. The topological polar surface area (TPSA) is 12.9 Å². The summed E-state index contributed by atoms with van der Waals surface area (Å²) in [4.78, 5) is 4.09. The molecule has 2 rings (SSSR count). The summed E-state index contributed by atoms with van der Waals surface area (Å²) in [5.74, 6) is 2.44. The van der Waals surface area contributed by atoms with Crippen LogP contribution in [0.4, 0.5) is 0 Å². The highest BCUT2D eigenvalue weighted by Gasteiger charge is 2.07. The molecule has 0 radical (unpaired) electrons. The summed E-state index contributed by atoms with van der Waals surface area (Å²) in [7, 11) is 0. The Balaban J connectivity index is 2.41. The van der Waals surface area contributed by atoms with Gasteiger partial charge in [0.05, 0.1) is 0 Å². The Bertz CT molecular complexity index is 209. The summed E-state index contributed by atoms with van der Waals surface area (Å²) < 4.78 is 0. The third kappa shape index (κ3) is 1.03. The van der Waals surface area contributed by atoms with Gasteiger partial charge in [0.25, 0.3) is 0 Å². The van der Waals surface area contributed by atoms with Crippen molar-refractivity contribution >= 4 is 11.8 Å². The highest BCUT2D eigenvalue weighted by atomic mass is 32.2. The van der Waals surface area contributed by atoms with Gasteiger partial charge in [0.15, 0.2) is 0 Å². The molecule has 2 heterocycles. The van der Waals surface area contributed by atoms with Crippen molar-refractivity contribution in [3.63, 3.8) is 0 Å². The van der Waals surface area contributed by atoms with Gasteiger partial charge < -0.3 is 0 Å². The number of fused-ring (bicyclic) bond motifs is 1. The molecule has 0 aromatic carbocycles. The number of aryl methyl sites for hydroxylation is 1. The number of pyridine rings is 1. The van der Waals surface area contributed by atoms with Gasteiger partial charge in [-0.3, -0.25) is 4.98 Å². The van der Waals surface area contributed by atoms with Crippen LogP contribution in [0.25, 0.3) is 0 Å². The van der Waals surface area contributed by atoms with E-state index in [0.29, 0.717) is 0 Å². The molecule has 0 saturated heterocycles. The number of nitrogens with zero attached hydrogens (tertiary/aromatic N) is 1. The van der Waals surface area contributed by atoms with Gasteiger partial charge in [0.2, 0.25) is 0 Å². The minimum absolute atomic E-state index is 1.18. The van der Waals surface area contributed by atoms with Crippen molar-refractivity contribution in [1.29, 1.82) is 0 Å². The molecule has 52 valence electrons. The molecular weight excluding hydrogens is 142 g/mol. The maximum absolute atomic E-state index is 4.09. The number of rotatable bonds is 0. The van der Waals surface area contributed by atoms with E-state index in [2.05, 4.69) is 11.1 Å². The summed E-state index contributed by atoms with van der Waals surface area (Å²) in [5, 5.41) is 0. The van der Waals surface area contributed by atoms with Gasteiger partial charge >= 0.3 is 0 Å². The largest absolute Gasteiger partial charge is 0.264 e. The molecule has 0 N–H and O–H groups in total. The summed E-state index contributed by atoms with van der Waals surface area (Å²) in [5.41, 5.74) is 2.92. The normalized spacial score (nSPS) is 16.4. The first-order chi connectivity index (χ1) is 4.97. The van der Waals surface area contributed by atoms with E-state index < -0.39 is 0 Å². The second kappa shape index (κ2) is 2.62. The smallest absolute Gasteiger partial charge is 0.0303 e. The molecule has 0 aliphatic carbocycles. The van der Waals surface area contributed by atoms with Gasteiger partial charge in [0, 0.05) is 18.1 Å². The third-order valence-corrected chi connectivity index (χ3v) is 2.79. The summed E-state index contributed by atoms with van der Waals surface area (Å²) in [6.07, 6.45) is 5.08. The second-order valence-corrected chi connectivity index (χ2v) is 3.55. The Hall–Kier alpha value is -0.500. The van der Waals surface area contributed by atoms with Crippen LogP contribution in [0.3, 0.4) is 0 Å². The van der Waals surface area contributed by atoms with Crippen molar-refractivity contribution in [3.05, 3.63) is 29.6 Å². The fourth-order valence-electron chi connectivity index (χ4n) is 1.19. The van der Waals surface area contributed by atoms with Crippen molar-refractivity contribution in [2.24, 2.45) is 0 Å². The number of hydrogen-bond acceptors (Lipinski definition) is 2. The predicted molar refractivity (Wildman–Crippen MR) is 44.1 cm³/mol. The van der Waals surface area contributed by atoms with E-state index in [9.17, 15) is 0 Å².